The van der Waals surface area contributed by atoms with Gasteiger partial charge < -0.3 is 15.4 Å². The van der Waals surface area contributed by atoms with Crippen LogP contribution >= 0.6 is 0 Å². The Labute approximate surface area is 106 Å². The number of hydrogen-bond acceptors (Lipinski definition) is 5. The summed E-state index contributed by atoms with van der Waals surface area (Å²) < 4.78 is 5.42. The van der Waals surface area contributed by atoms with Crippen LogP contribution < -0.4 is 15.4 Å². The Morgan fingerprint density at radius 3 is 2.78 bits per heavy atom. The lowest BCUT2D eigenvalue weighted by molar-refractivity contribution is -0.385. The van der Waals surface area contributed by atoms with Crippen LogP contribution in [0.2, 0.25) is 0 Å². The maximum atomic E-state index is 11.2. The van der Waals surface area contributed by atoms with E-state index in [1.54, 1.807) is 30.1 Å². The number of rotatable bonds is 7. The predicted molar refractivity (Wildman–Crippen MR) is 71.2 cm³/mol. The molecule has 0 aliphatic heterocycles. The molecular formula is C12H19N3O3. The van der Waals surface area contributed by atoms with Crippen LogP contribution in [0.1, 0.15) is 13.3 Å². The monoisotopic (exact) mass is 253 g/mol. The second-order valence-electron chi connectivity index (χ2n) is 3.94. The molecule has 0 saturated carbocycles. The summed E-state index contributed by atoms with van der Waals surface area (Å²) in [5.41, 5.74) is 6.00. The minimum Gasteiger partial charge on any atom is -0.487 e. The Bertz CT molecular complexity index is 410. The number of hydrogen-bond donors (Lipinski definition) is 1. The molecule has 0 aromatic heterocycles. The van der Waals surface area contributed by atoms with E-state index in [2.05, 4.69) is 0 Å². The van der Waals surface area contributed by atoms with Gasteiger partial charge in [0.05, 0.1) is 11.5 Å². The van der Waals surface area contributed by atoms with Gasteiger partial charge in [0.1, 0.15) is 5.69 Å². The van der Waals surface area contributed by atoms with E-state index in [1.165, 1.54) is 0 Å². The Balaban J connectivity index is 3.12. The van der Waals surface area contributed by atoms with Crippen molar-refractivity contribution in [1.82, 2.24) is 0 Å². The van der Waals surface area contributed by atoms with Gasteiger partial charge >= 0.3 is 5.69 Å². The zero-order chi connectivity index (χ0) is 13.5. The Morgan fingerprint density at radius 2 is 2.22 bits per heavy atom. The van der Waals surface area contributed by atoms with Crippen LogP contribution in [-0.4, -0.2) is 31.7 Å². The standard InChI is InChI=1S/C12H19N3O3/c1-3-9-18-11-6-4-5-10(12(11)15(16)17)14(2)8-7-13/h4-6H,3,7-9,13H2,1-2H3. The highest BCUT2D eigenvalue weighted by atomic mass is 16.6. The van der Waals surface area contributed by atoms with E-state index in [-0.39, 0.29) is 5.69 Å². The average Bonchev–Trinajstić information content (AvgIpc) is 2.35. The largest absolute Gasteiger partial charge is 0.487 e. The van der Waals surface area contributed by atoms with Gasteiger partial charge in [-0.1, -0.05) is 13.0 Å². The molecule has 2 N–H and O–H groups in total. The fourth-order valence-corrected chi connectivity index (χ4v) is 1.64. The van der Waals surface area contributed by atoms with Crippen molar-refractivity contribution >= 4 is 11.4 Å². The van der Waals surface area contributed by atoms with Gasteiger partial charge in [-0.3, -0.25) is 10.1 Å². The molecule has 0 fully saturated rings. The van der Waals surface area contributed by atoms with E-state index in [0.717, 1.165) is 6.42 Å². The number of ether oxygens (including phenoxy) is 1. The molecule has 0 atom stereocenters. The van der Waals surface area contributed by atoms with E-state index in [9.17, 15) is 10.1 Å². The second-order valence-corrected chi connectivity index (χ2v) is 3.94. The lowest BCUT2D eigenvalue weighted by Gasteiger charge is -2.19. The average molecular weight is 253 g/mol. The van der Waals surface area contributed by atoms with Crippen LogP contribution in [0.5, 0.6) is 5.75 Å². The van der Waals surface area contributed by atoms with Crippen LogP contribution in [0.3, 0.4) is 0 Å². The van der Waals surface area contributed by atoms with Gasteiger partial charge in [0.25, 0.3) is 0 Å². The number of para-hydroxylation sites is 1. The summed E-state index contributed by atoms with van der Waals surface area (Å²) in [5.74, 6) is 0.309. The first kappa shape index (κ1) is 14.2. The Hall–Kier alpha value is -1.82. The third-order valence-corrected chi connectivity index (χ3v) is 2.50. The molecule has 0 heterocycles. The minimum atomic E-state index is -0.409. The first-order chi connectivity index (χ1) is 8.61. The molecule has 0 amide bonds. The molecule has 0 spiro atoms. The summed E-state index contributed by atoms with van der Waals surface area (Å²) in [6.45, 7) is 3.41. The summed E-state index contributed by atoms with van der Waals surface area (Å²) in [4.78, 5) is 12.5. The molecule has 1 aromatic carbocycles. The van der Waals surface area contributed by atoms with Crippen LogP contribution in [-0.2, 0) is 0 Å². The number of likely N-dealkylation sites (N-methyl/N-ethyl adjacent to an activating group) is 1. The van der Waals surface area contributed by atoms with Gasteiger partial charge in [0, 0.05) is 20.1 Å². The zero-order valence-corrected chi connectivity index (χ0v) is 10.8. The smallest absolute Gasteiger partial charge is 0.333 e. The van der Waals surface area contributed by atoms with Crippen LogP contribution in [0.15, 0.2) is 18.2 Å². The van der Waals surface area contributed by atoms with Gasteiger partial charge in [-0.2, -0.15) is 0 Å². The van der Waals surface area contributed by atoms with Gasteiger partial charge in [0.2, 0.25) is 0 Å². The molecule has 0 saturated heterocycles. The van der Waals surface area contributed by atoms with Crippen molar-refractivity contribution in [3.05, 3.63) is 28.3 Å². The molecule has 0 bridgehead atoms. The number of nitrogens with zero attached hydrogens (tertiary/aromatic N) is 2. The maximum Gasteiger partial charge on any atom is 0.333 e. The van der Waals surface area contributed by atoms with Crippen molar-refractivity contribution in [3.63, 3.8) is 0 Å². The first-order valence-electron chi connectivity index (χ1n) is 5.93. The van der Waals surface area contributed by atoms with E-state index >= 15 is 0 Å². The molecule has 0 aliphatic carbocycles. The van der Waals surface area contributed by atoms with E-state index in [4.69, 9.17) is 10.5 Å². The van der Waals surface area contributed by atoms with E-state index in [1.807, 2.05) is 6.92 Å². The summed E-state index contributed by atoms with van der Waals surface area (Å²) in [6.07, 6.45) is 0.806. The maximum absolute atomic E-state index is 11.2. The summed E-state index contributed by atoms with van der Waals surface area (Å²) in [7, 11) is 1.78. The molecule has 6 nitrogen and oxygen atoms in total. The third kappa shape index (κ3) is 3.33. The molecule has 18 heavy (non-hydrogen) atoms. The third-order valence-electron chi connectivity index (χ3n) is 2.50. The zero-order valence-electron chi connectivity index (χ0n) is 10.8. The Kier molecular flexibility index (Phi) is 5.38. The van der Waals surface area contributed by atoms with Gasteiger partial charge in [0.15, 0.2) is 5.75 Å². The molecule has 0 aliphatic rings. The number of benzene rings is 1. The highest BCUT2D eigenvalue weighted by Crippen LogP contribution is 2.36. The number of anilines is 1. The van der Waals surface area contributed by atoms with Crippen molar-refractivity contribution in [2.45, 2.75) is 13.3 Å². The summed E-state index contributed by atoms with van der Waals surface area (Å²) >= 11 is 0. The lowest BCUT2D eigenvalue weighted by Crippen LogP contribution is -2.25. The normalized spacial score (nSPS) is 10.2. The molecule has 1 aromatic rings. The summed E-state index contributed by atoms with van der Waals surface area (Å²) in [5, 5.41) is 11.2. The van der Waals surface area contributed by atoms with Crippen molar-refractivity contribution in [2.75, 3.05) is 31.6 Å². The van der Waals surface area contributed by atoms with Gasteiger partial charge in [-0.05, 0) is 18.6 Å². The molecular weight excluding hydrogens is 234 g/mol. The van der Waals surface area contributed by atoms with E-state index in [0.29, 0.717) is 31.1 Å². The molecule has 0 unspecified atom stereocenters. The fraction of sp³-hybridized carbons (Fsp3) is 0.500. The van der Waals surface area contributed by atoms with Crippen molar-refractivity contribution in [1.29, 1.82) is 0 Å². The second kappa shape index (κ2) is 6.80. The minimum absolute atomic E-state index is 0.00176. The quantitative estimate of drug-likeness (QED) is 0.591. The van der Waals surface area contributed by atoms with Crippen molar-refractivity contribution in [3.8, 4) is 5.75 Å². The van der Waals surface area contributed by atoms with Crippen LogP contribution in [0.25, 0.3) is 0 Å². The Morgan fingerprint density at radius 1 is 1.50 bits per heavy atom. The topological polar surface area (TPSA) is 81.6 Å². The first-order valence-corrected chi connectivity index (χ1v) is 5.93. The number of nitrogens with two attached hydrogens (primary N) is 1. The summed E-state index contributed by atoms with van der Waals surface area (Å²) in [6, 6.07) is 5.07. The highest BCUT2D eigenvalue weighted by Gasteiger charge is 2.23. The fourth-order valence-electron chi connectivity index (χ4n) is 1.64. The lowest BCUT2D eigenvalue weighted by atomic mass is 10.2. The SMILES string of the molecule is CCCOc1cccc(N(C)CCN)c1[N+](=O)[O-]. The molecule has 0 radical (unpaired) electrons. The molecule has 100 valence electrons. The van der Waals surface area contributed by atoms with Crippen LogP contribution in [0, 0.1) is 10.1 Å². The van der Waals surface area contributed by atoms with Crippen LogP contribution in [0.4, 0.5) is 11.4 Å². The van der Waals surface area contributed by atoms with Crippen molar-refractivity contribution < 1.29 is 9.66 Å². The number of nitro groups is 1. The van der Waals surface area contributed by atoms with E-state index < -0.39 is 4.92 Å². The predicted octanol–water partition coefficient (Wildman–Crippen LogP) is 1.78. The van der Waals surface area contributed by atoms with Gasteiger partial charge in [-0.25, -0.2) is 0 Å². The number of nitro benzene ring substituents is 1. The molecule has 6 heteroatoms. The van der Waals surface area contributed by atoms with Gasteiger partial charge in [-0.15, -0.1) is 0 Å². The van der Waals surface area contributed by atoms with Crippen molar-refractivity contribution in [2.24, 2.45) is 5.73 Å². The molecule has 1 rings (SSSR count). The highest BCUT2D eigenvalue weighted by molar-refractivity contribution is 5.69.